The van der Waals surface area contributed by atoms with Gasteiger partial charge in [-0.05, 0) is 36.8 Å². The summed E-state index contributed by atoms with van der Waals surface area (Å²) in [7, 11) is 0. The normalized spacial score (nSPS) is 15.5. The van der Waals surface area contributed by atoms with E-state index < -0.39 is 12.1 Å². The first-order valence-electron chi connectivity index (χ1n) is 8.79. The maximum atomic E-state index is 12.3. The fourth-order valence-electron chi connectivity index (χ4n) is 2.88. The zero-order chi connectivity index (χ0) is 18.8. The van der Waals surface area contributed by atoms with Crippen LogP contribution in [0.3, 0.4) is 0 Å². The first kappa shape index (κ1) is 17.1. The van der Waals surface area contributed by atoms with E-state index in [4.69, 9.17) is 18.6 Å². The number of para-hydroxylation sites is 1. The van der Waals surface area contributed by atoms with Crippen molar-refractivity contribution in [2.24, 2.45) is 0 Å². The molecule has 0 N–H and O–H groups in total. The second-order valence-electron chi connectivity index (χ2n) is 6.22. The number of hydrogen-bond donors (Lipinski definition) is 0. The zero-order valence-electron chi connectivity index (χ0n) is 14.8. The monoisotopic (exact) mass is 366 g/mol. The molecule has 0 fully saturated rings. The van der Waals surface area contributed by atoms with Crippen molar-refractivity contribution in [2.45, 2.75) is 19.4 Å². The Kier molecular flexibility index (Phi) is 4.54. The van der Waals surface area contributed by atoms with Gasteiger partial charge >= 0.3 is 5.97 Å². The molecule has 0 amide bonds. The van der Waals surface area contributed by atoms with Crippen molar-refractivity contribution in [2.75, 3.05) is 13.2 Å². The Morgan fingerprint density at radius 3 is 2.85 bits per heavy atom. The van der Waals surface area contributed by atoms with E-state index in [2.05, 4.69) is 0 Å². The smallest absolute Gasteiger partial charge is 0.350 e. The van der Waals surface area contributed by atoms with Crippen molar-refractivity contribution in [1.82, 2.24) is 0 Å². The van der Waals surface area contributed by atoms with E-state index >= 15 is 0 Å². The summed E-state index contributed by atoms with van der Waals surface area (Å²) in [5, 5.41) is 0.534. The van der Waals surface area contributed by atoms with Gasteiger partial charge in [0.05, 0.1) is 12.0 Å². The minimum absolute atomic E-state index is 0.0701. The van der Waals surface area contributed by atoms with E-state index in [1.807, 2.05) is 13.0 Å². The molecule has 0 saturated carbocycles. The van der Waals surface area contributed by atoms with Crippen molar-refractivity contribution in [3.8, 4) is 22.8 Å². The van der Waals surface area contributed by atoms with Crippen LogP contribution in [0, 0.1) is 0 Å². The predicted molar refractivity (Wildman–Crippen MR) is 99.1 cm³/mol. The standard InChI is InChI=1S/C21H18O6/c1-2-9-24-21(23)20-12-25-19-10-13(7-8-17(19)27-20)18-11-15(22)14-5-3-4-6-16(14)26-18/h3-8,10-11,20H,2,9,12H2,1H3. The van der Waals surface area contributed by atoms with E-state index in [0.717, 1.165) is 6.42 Å². The fraction of sp³-hybridized carbons (Fsp3) is 0.238. The van der Waals surface area contributed by atoms with E-state index in [0.29, 0.717) is 40.4 Å². The number of hydrogen-bond acceptors (Lipinski definition) is 6. The van der Waals surface area contributed by atoms with Crippen LogP contribution in [0.25, 0.3) is 22.3 Å². The summed E-state index contributed by atoms with van der Waals surface area (Å²) in [6.45, 7) is 2.35. The Balaban J connectivity index is 1.61. The van der Waals surface area contributed by atoms with Gasteiger partial charge in [0.2, 0.25) is 6.10 Å². The third-order valence-corrected chi connectivity index (χ3v) is 4.23. The number of carbonyl (C=O) groups excluding carboxylic acids is 1. The highest BCUT2D eigenvalue weighted by atomic mass is 16.6. The van der Waals surface area contributed by atoms with Gasteiger partial charge in [-0.3, -0.25) is 4.79 Å². The molecule has 0 aliphatic carbocycles. The average molecular weight is 366 g/mol. The molecule has 2 heterocycles. The summed E-state index contributed by atoms with van der Waals surface area (Å²) in [6.07, 6.45) is -0.0375. The van der Waals surface area contributed by atoms with E-state index in [1.165, 1.54) is 6.07 Å². The van der Waals surface area contributed by atoms with Crippen molar-refractivity contribution in [3.63, 3.8) is 0 Å². The Morgan fingerprint density at radius 1 is 1.15 bits per heavy atom. The van der Waals surface area contributed by atoms with Crippen LogP contribution in [0.4, 0.5) is 0 Å². The van der Waals surface area contributed by atoms with Gasteiger partial charge in [-0.2, -0.15) is 0 Å². The molecule has 0 spiro atoms. The third kappa shape index (κ3) is 3.38. The highest BCUT2D eigenvalue weighted by Crippen LogP contribution is 2.36. The van der Waals surface area contributed by atoms with Crippen LogP contribution in [-0.2, 0) is 9.53 Å². The van der Waals surface area contributed by atoms with Gasteiger partial charge in [-0.1, -0.05) is 19.1 Å². The van der Waals surface area contributed by atoms with Crippen LogP contribution < -0.4 is 14.9 Å². The number of carbonyl (C=O) groups is 1. The molecular formula is C21H18O6. The Bertz CT molecular complexity index is 1050. The Hall–Kier alpha value is -3.28. The number of rotatable bonds is 4. The molecule has 1 aliphatic rings. The molecule has 6 heteroatoms. The predicted octanol–water partition coefficient (Wildman–Crippen LogP) is 3.55. The molecule has 1 aromatic heterocycles. The zero-order valence-corrected chi connectivity index (χ0v) is 14.8. The molecule has 6 nitrogen and oxygen atoms in total. The van der Waals surface area contributed by atoms with Gasteiger partial charge in [0.15, 0.2) is 16.9 Å². The van der Waals surface area contributed by atoms with Crippen LogP contribution in [0.2, 0.25) is 0 Å². The van der Waals surface area contributed by atoms with Crippen molar-refractivity contribution < 1.29 is 23.4 Å². The molecule has 0 radical (unpaired) electrons. The SMILES string of the molecule is CCCOC(=O)C1COc2cc(-c3cc(=O)c4ccccc4o3)ccc2O1. The maximum Gasteiger partial charge on any atom is 0.350 e. The van der Waals surface area contributed by atoms with Gasteiger partial charge in [0, 0.05) is 11.6 Å². The minimum Gasteiger partial charge on any atom is -0.485 e. The molecule has 27 heavy (non-hydrogen) atoms. The first-order valence-corrected chi connectivity index (χ1v) is 8.79. The minimum atomic E-state index is -0.784. The van der Waals surface area contributed by atoms with Crippen LogP contribution in [0.5, 0.6) is 11.5 Å². The lowest BCUT2D eigenvalue weighted by atomic mass is 10.1. The van der Waals surface area contributed by atoms with Gasteiger partial charge < -0.3 is 18.6 Å². The maximum absolute atomic E-state index is 12.3. The summed E-state index contributed by atoms with van der Waals surface area (Å²) in [5.41, 5.74) is 1.10. The summed E-state index contributed by atoms with van der Waals surface area (Å²) in [6, 6.07) is 13.7. The lowest BCUT2D eigenvalue weighted by molar-refractivity contribution is -0.154. The van der Waals surface area contributed by atoms with E-state index in [1.54, 1.807) is 36.4 Å². The van der Waals surface area contributed by atoms with Crippen LogP contribution in [0.1, 0.15) is 13.3 Å². The molecule has 1 aliphatic heterocycles. The molecule has 2 aromatic carbocycles. The molecule has 4 rings (SSSR count). The average Bonchev–Trinajstić information content (AvgIpc) is 2.71. The molecule has 1 unspecified atom stereocenters. The summed E-state index contributed by atoms with van der Waals surface area (Å²) in [4.78, 5) is 24.2. The topological polar surface area (TPSA) is 75.0 Å². The largest absolute Gasteiger partial charge is 0.485 e. The third-order valence-electron chi connectivity index (χ3n) is 4.23. The lowest BCUT2D eigenvalue weighted by Gasteiger charge is -2.25. The van der Waals surface area contributed by atoms with E-state index in [9.17, 15) is 9.59 Å². The molecular weight excluding hydrogens is 348 g/mol. The van der Waals surface area contributed by atoms with Crippen molar-refractivity contribution in [1.29, 1.82) is 0 Å². The molecule has 3 aromatic rings. The molecule has 1 atom stereocenters. The van der Waals surface area contributed by atoms with Crippen molar-refractivity contribution >= 4 is 16.9 Å². The quantitative estimate of drug-likeness (QED) is 0.658. The molecule has 0 saturated heterocycles. The highest BCUT2D eigenvalue weighted by Gasteiger charge is 2.29. The van der Waals surface area contributed by atoms with Gasteiger partial charge in [0.25, 0.3) is 0 Å². The van der Waals surface area contributed by atoms with E-state index in [-0.39, 0.29) is 12.0 Å². The fourth-order valence-corrected chi connectivity index (χ4v) is 2.88. The van der Waals surface area contributed by atoms with Gasteiger partial charge in [-0.25, -0.2) is 4.79 Å². The number of benzene rings is 2. The van der Waals surface area contributed by atoms with Crippen LogP contribution in [-0.4, -0.2) is 25.3 Å². The lowest BCUT2D eigenvalue weighted by Crippen LogP contribution is -2.38. The van der Waals surface area contributed by atoms with Crippen LogP contribution >= 0.6 is 0 Å². The molecule has 0 bridgehead atoms. The van der Waals surface area contributed by atoms with Gasteiger partial charge in [-0.15, -0.1) is 0 Å². The van der Waals surface area contributed by atoms with Gasteiger partial charge in [0.1, 0.15) is 18.0 Å². The number of fused-ring (bicyclic) bond motifs is 2. The summed E-state index contributed by atoms with van der Waals surface area (Å²) >= 11 is 0. The molecule has 138 valence electrons. The highest BCUT2D eigenvalue weighted by molar-refractivity contribution is 5.79. The second-order valence-corrected chi connectivity index (χ2v) is 6.22. The summed E-state index contributed by atoms with van der Waals surface area (Å²) < 4.78 is 22.3. The Labute approximate surface area is 155 Å². The number of ether oxygens (including phenoxy) is 3. The number of esters is 1. The summed E-state index contributed by atoms with van der Waals surface area (Å²) in [5.74, 6) is 0.941. The first-order chi connectivity index (χ1) is 13.2. The van der Waals surface area contributed by atoms with Crippen molar-refractivity contribution in [3.05, 3.63) is 58.8 Å². The second kappa shape index (κ2) is 7.15. The van der Waals surface area contributed by atoms with Crippen LogP contribution in [0.15, 0.2) is 57.7 Å². The Morgan fingerprint density at radius 2 is 2.00 bits per heavy atom.